The van der Waals surface area contributed by atoms with Crippen molar-refractivity contribution in [1.82, 2.24) is 10.2 Å². The Balaban J connectivity index is 1.59. The average Bonchev–Trinajstić information content (AvgIpc) is 2.99. The minimum Gasteiger partial charge on any atom is -0.329 e. The van der Waals surface area contributed by atoms with E-state index < -0.39 is 27.4 Å². The van der Waals surface area contributed by atoms with Crippen LogP contribution in [-0.2, 0) is 26.9 Å². The van der Waals surface area contributed by atoms with Crippen LogP contribution in [0, 0.1) is 12.7 Å². The molecule has 6 nitrogen and oxygen atoms in total. The van der Waals surface area contributed by atoms with Crippen molar-refractivity contribution < 1.29 is 22.4 Å². The van der Waals surface area contributed by atoms with E-state index in [1.54, 1.807) is 19.1 Å². The van der Waals surface area contributed by atoms with Crippen LogP contribution in [0.3, 0.4) is 0 Å². The second-order valence-corrected chi connectivity index (χ2v) is 9.72. The van der Waals surface area contributed by atoms with Crippen molar-refractivity contribution in [1.29, 1.82) is 0 Å². The van der Waals surface area contributed by atoms with Gasteiger partial charge in [-0.3, -0.25) is 9.59 Å². The molecule has 0 saturated carbocycles. The number of hydrogen-bond acceptors (Lipinski definition) is 4. The first-order valence-electron chi connectivity index (χ1n) is 9.56. The maximum atomic E-state index is 14.1. The Morgan fingerprint density at radius 3 is 2.70 bits per heavy atom. The van der Waals surface area contributed by atoms with Gasteiger partial charge in [0.1, 0.15) is 16.8 Å². The highest BCUT2D eigenvalue weighted by Crippen LogP contribution is 2.30. The molecule has 1 N–H and O–H groups in total. The molecule has 2 heterocycles. The number of aryl methyl sites for hydroxylation is 1. The summed E-state index contributed by atoms with van der Waals surface area (Å²) in [7, 11) is -3.92. The molecule has 1 atom stereocenters. The zero-order valence-electron chi connectivity index (χ0n) is 16.4. The van der Waals surface area contributed by atoms with Crippen molar-refractivity contribution in [2.75, 3.05) is 0 Å². The number of carbonyl (C=O) groups is 2. The Morgan fingerprint density at radius 2 is 1.97 bits per heavy atom. The quantitative estimate of drug-likeness (QED) is 0.812. The van der Waals surface area contributed by atoms with Crippen molar-refractivity contribution in [3.63, 3.8) is 0 Å². The number of nitrogens with one attached hydrogen (secondary N) is 1. The van der Waals surface area contributed by atoms with Gasteiger partial charge in [-0.05, 0) is 54.7 Å². The minimum absolute atomic E-state index is 0.259. The van der Waals surface area contributed by atoms with Gasteiger partial charge in [-0.15, -0.1) is 0 Å². The molecule has 156 valence electrons. The zero-order valence-corrected chi connectivity index (χ0v) is 17.3. The summed E-state index contributed by atoms with van der Waals surface area (Å²) in [5.41, 5.74) is 2.79. The highest BCUT2D eigenvalue weighted by molar-refractivity contribution is 7.90. The summed E-state index contributed by atoms with van der Waals surface area (Å²) in [6.45, 7) is 5.73. The summed E-state index contributed by atoms with van der Waals surface area (Å²) >= 11 is 0. The predicted molar refractivity (Wildman–Crippen MR) is 109 cm³/mol. The fourth-order valence-corrected chi connectivity index (χ4v) is 5.42. The molecule has 2 amide bonds. The molecule has 8 heteroatoms. The lowest BCUT2D eigenvalue weighted by atomic mass is 10.0. The molecule has 30 heavy (non-hydrogen) atoms. The van der Waals surface area contributed by atoms with Crippen LogP contribution in [0.15, 0.2) is 53.6 Å². The van der Waals surface area contributed by atoms with Crippen LogP contribution in [0.25, 0.3) is 0 Å². The van der Waals surface area contributed by atoms with Gasteiger partial charge in [0.15, 0.2) is 9.84 Å². The summed E-state index contributed by atoms with van der Waals surface area (Å²) in [6, 6.07) is 8.23. The van der Waals surface area contributed by atoms with E-state index in [1.165, 1.54) is 23.1 Å². The molecule has 2 aliphatic rings. The number of nitrogens with zero attached hydrogens (tertiary/aromatic N) is 1. The fraction of sp³-hybridized carbons (Fsp3) is 0.273. The number of rotatable bonds is 4. The van der Waals surface area contributed by atoms with Crippen LogP contribution >= 0.6 is 0 Å². The second kappa shape index (κ2) is 7.36. The van der Waals surface area contributed by atoms with E-state index >= 15 is 0 Å². The van der Waals surface area contributed by atoms with E-state index in [9.17, 15) is 22.4 Å². The van der Waals surface area contributed by atoms with E-state index in [2.05, 4.69) is 11.9 Å². The van der Waals surface area contributed by atoms with Crippen molar-refractivity contribution in [2.24, 2.45) is 0 Å². The molecule has 0 spiro atoms. The molecule has 2 aromatic rings. The van der Waals surface area contributed by atoms with Crippen molar-refractivity contribution in [3.8, 4) is 0 Å². The first-order valence-corrected chi connectivity index (χ1v) is 11.2. The van der Waals surface area contributed by atoms with Gasteiger partial charge in [-0.25, -0.2) is 12.8 Å². The predicted octanol–water partition coefficient (Wildman–Crippen LogP) is 2.86. The molecule has 1 saturated heterocycles. The number of sulfone groups is 1. The minimum atomic E-state index is -3.92. The number of amides is 2. The van der Waals surface area contributed by atoms with Crippen LogP contribution in [0.1, 0.15) is 39.9 Å². The maximum Gasteiger partial charge on any atom is 0.255 e. The molecular weight excluding hydrogens is 407 g/mol. The number of hydrogen-bond donors (Lipinski definition) is 1. The summed E-state index contributed by atoms with van der Waals surface area (Å²) in [6.07, 6.45) is 1.10. The van der Waals surface area contributed by atoms with Crippen molar-refractivity contribution in [3.05, 3.63) is 76.7 Å². The van der Waals surface area contributed by atoms with Crippen LogP contribution in [-0.4, -0.2) is 31.2 Å². The molecule has 2 aliphatic heterocycles. The Labute approximate surface area is 174 Å². The van der Waals surface area contributed by atoms with E-state index in [4.69, 9.17) is 0 Å². The SMILES string of the molecule is C=C1CCC(N2Cc3ccc(CS(=O)(=O)c4cc(C)ccc4F)cc3C2=O)C(=O)N1. The van der Waals surface area contributed by atoms with E-state index in [0.717, 1.165) is 11.6 Å². The van der Waals surface area contributed by atoms with Gasteiger partial charge in [0.05, 0.1) is 5.75 Å². The topological polar surface area (TPSA) is 83.6 Å². The van der Waals surface area contributed by atoms with E-state index in [1.807, 2.05) is 0 Å². The first kappa shape index (κ1) is 20.3. The number of carbonyl (C=O) groups excluding carboxylic acids is 2. The molecule has 1 unspecified atom stereocenters. The van der Waals surface area contributed by atoms with Gasteiger partial charge in [-0.1, -0.05) is 24.8 Å². The second-order valence-electron chi connectivity index (χ2n) is 7.76. The van der Waals surface area contributed by atoms with Crippen LogP contribution in [0.5, 0.6) is 0 Å². The molecule has 0 bridgehead atoms. The molecule has 0 aliphatic carbocycles. The number of piperidine rings is 1. The first-order chi connectivity index (χ1) is 14.2. The third kappa shape index (κ3) is 3.63. The maximum absolute atomic E-state index is 14.1. The third-order valence-electron chi connectivity index (χ3n) is 5.48. The van der Waals surface area contributed by atoms with Gasteiger partial charge >= 0.3 is 0 Å². The fourth-order valence-electron chi connectivity index (χ4n) is 3.92. The Bertz CT molecular complexity index is 1190. The van der Waals surface area contributed by atoms with E-state index in [-0.39, 0.29) is 23.3 Å². The number of halogens is 1. The van der Waals surface area contributed by atoms with E-state index in [0.29, 0.717) is 35.2 Å². The van der Waals surface area contributed by atoms with Gasteiger partial charge < -0.3 is 10.2 Å². The smallest absolute Gasteiger partial charge is 0.255 e. The van der Waals surface area contributed by atoms with Gasteiger partial charge in [-0.2, -0.15) is 0 Å². The standard InChI is InChI=1S/C22H21FN2O4S/c1-13-3-7-18(23)20(9-13)30(28,29)12-15-5-6-16-11-25(22(27)17(16)10-15)19-8-4-14(2)24-21(19)26/h3,5-7,9-10,19H,2,4,8,11-12H2,1H3,(H,24,26). The Morgan fingerprint density at radius 1 is 1.20 bits per heavy atom. The molecule has 0 radical (unpaired) electrons. The summed E-state index contributed by atoms with van der Waals surface area (Å²) in [5.74, 6) is -1.78. The summed E-state index contributed by atoms with van der Waals surface area (Å²) < 4.78 is 39.6. The number of benzene rings is 2. The largest absolute Gasteiger partial charge is 0.329 e. The van der Waals surface area contributed by atoms with Gasteiger partial charge in [0.25, 0.3) is 5.91 Å². The van der Waals surface area contributed by atoms with Crippen molar-refractivity contribution in [2.45, 2.75) is 43.0 Å². The number of fused-ring (bicyclic) bond motifs is 1. The normalized spacial score (nSPS) is 19.1. The number of allylic oxidation sites excluding steroid dienone is 1. The third-order valence-corrected chi connectivity index (χ3v) is 7.18. The highest BCUT2D eigenvalue weighted by atomic mass is 32.2. The van der Waals surface area contributed by atoms with Crippen LogP contribution < -0.4 is 5.32 Å². The lowest BCUT2D eigenvalue weighted by Crippen LogP contribution is -2.49. The van der Waals surface area contributed by atoms with Gasteiger partial charge in [0.2, 0.25) is 5.91 Å². The summed E-state index contributed by atoms with van der Waals surface area (Å²) in [4.78, 5) is 26.4. The van der Waals surface area contributed by atoms with Crippen LogP contribution in [0.4, 0.5) is 4.39 Å². The molecule has 2 aromatic carbocycles. The monoisotopic (exact) mass is 428 g/mol. The summed E-state index contributed by atoms with van der Waals surface area (Å²) in [5, 5.41) is 2.68. The van der Waals surface area contributed by atoms with Gasteiger partial charge in [0, 0.05) is 17.8 Å². The lowest BCUT2D eigenvalue weighted by Gasteiger charge is -2.30. The molecular formula is C22H21FN2O4S. The molecule has 1 fully saturated rings. The van der Waals surface area contributed by atoms with Crippen molar-refractivity contribution >= 4 is 21.7 Å². The average molecular weight is 428 g/mol. The van der Waals surface area contributed by atoms with Crippen LogP contribution in [0.2, 0.25) is 0 Å². The molecule has 0 aromatic heterocycles. The zero-order chi connectivity index (χ0) is 21.6. The molecule has 4 rings (SSSR count). The highest BCUT2D eigenvalue weighted by Gasteiger charge is 2.38. The Hall–Kier alpha value is -3.00. The lowest BCUT2D eigenvalue weighted by molar-refractivity contribution is -0.126. The Kier molecular flexibility index (Phi) is 4.97.